The lowest BCUT2D eigenvalue weighted by Crippen LogP contribution is -2.22. The summed E-state index contributed by atoms with van der Waals surface area (Å²) in [5.74, 6) is -0.0811. The summed E-state index contributed by atoms with van der Waals surface area (Å²) in [6, 6.07) is 13.2. The Morgan fingerprint density at radius 1 is 1.10 bits per heavy atom. The molecule has 2 rings (SSSR count). The lowest BCUT2D eigenvalue weighted by atomic mass is 10.1. The van der Waals surface area contributed by atoms with Crippen LogP contribution in [0, 0.1) is 13.8 Å². The van der Waals surface area contributed by atoms with E-state index < -0.39 is 0 Å². The van der Waals surface area contributed by atoms with Gasteiger partial charge in [-0.1, -0.05) is 35.9 Å². The summed E-state index contributed by atoms with van der Waals surface area (Å²) >= 11 is 5.89. The predicted octanol–water partition coefficient (Wildman–Crippen LogP) is 4.01. The SMILES string of the molecule is Cc1cccc(C)c1NC(=O)CNc1cccc(Cl)c1. The van der Waals surface area contributed by atoms with Gasteiger partial charge in [0, 0.05) is 16.4 Å². The average Bonchev–Trinajstić information content (AvgIpc) is 2.41. The number of nitrogens with one attached hydrogen (secondary N) is 2. The van der Waals surface area contributed by atoms with Crippen LogP contribution in [-0.4, -0.2) is 12.5 Å². The Labute approximate surface area is 124 Å². The number of anilines is 2. The Morgan fingerprint density at radius 3 is 2.40 bits per heavy atom. The highest BCUT2D eigenvalue weighted by atomic mass is 35.5. The van der Waals surface area contributed by atoms with Gasteiger partial charge in [0.25, 0.3) is 0 Å². The quantitative estimate of drug-likeness (QED) is 0.892. The second-order valence-electron chi connectivity index (χ2n) is 4.68. The van der Waals surface area contributed by atoms with Gasteiger partial charge in [-0.2, -0.15) is 0 Å². The van der Waals surface area contributed by atoms with Gasteiger partial charge in [-0.15, -0.1) is 0 Å². The van der Waals surface area contributed by atoms with E-state index in [9.17, 15) is 4.79 Å². The molecule has 0 spiro atoms. The molecule has 3 nitrogen and oxygen atoms in total. The summed E-state index contributed by atoms with van der Waals surface area (Å²) in [7, 11) is 0. The molecule has 0 saturated carbocycles. The van der Waals surface area contributed by atoms with E-state index in [0.717, 1.165) is 22.5 Å². The third-order valence-corrected chi connectivity index (χ3v) is 3.26. The lowest BCUT2D eigenvalue weighted by Gasteiger charge is -2.12. The van der Waals surface area contributed by atoms with Crippen molar-refractivity contribution in [2.45, 2.75) is 13.8 Å². The zero-order valence-electron chi connectivity index (χ0n) is 11.5. The topological polar surface area (TPSA) is 41.1 Å². The number of hydrogen-bond donors (Lipinski definition) is 2. The van der Waals surface area contributed by atoms with Crippen LogP contribution in [0.25, 0.3) is 0 Å². The third-order valence-electron chi connectivity index (χ3n) is 3.02. The molecule has 0 saturated heterocycles. The van der Waals surface area contributed by atoms with Gasteiger partial charge in [-0.3, -0.25) is 4.79 Å². The van der Waals surface area contributed by atoms with Crippen molar-refractivity contribution in [1.82, 2.24) is 0 Å². The van der Waals surface area contributed by atoms with E-state index in [0.29, 0.717) is 5.02 Å². The van der Waals surface area contributed by atoms with Gasteiger partial charge in [0.2, 0.25) is 5.91 Å². The average molecular weight is 289 g/mol. The Bertz CT molecular complexity index is 605. The second kappa shape index (κ2) is 6.44. The molecule has 2 aromatic carbocycles. The molecular weight excluding hydrogens is 272 g/mol. The summed E-state index contributed by atoms with van der Waals surface area (Å²) < 4.78 is 0. The number of rotatable bonds is 4. The summed E-state index contributed by atoms with van der Waals surface area (Å²) in [6.07, 6.45) is 0. The molecule has 0 aliphatic rings. The fourth-order valence-electron chi connectivity index (χ4n) is 1.98. The van der Waals surface area contributed by atoms with Crippen molar-refractivity contribution in [3.8, 4) is 0 Å². The molecule has 0 unspecified atom stereocenters. The molecule has 0 fully saturated rings. The van der Waals surface area contributed by atoms with Crippen LogP contribution >= 0.6 is 11.6 Å². The zero-order chi connectivity index (χ0) is 14.5. The maximum atomic E-state index is 12.0. The first-order chi connectivity index (χ1) is 9.56. The molecule has 0 aliphatic heterocycles. The number of carbonyl (C=O) groups excluding carboxylic acids is 1. The van der Waals surface area contributed by atoms with Crippen molar-refractivity contribution < 1.29 is 4.79 Å². The molecule has 0 aliphatic carbocycles. The van der Waals surface area contributed by atoms with Crippen molar-refractivity contribution in [1.29, 1.82) is 0 Å². The van der Waals surface area contributed by atoms with Gasteiger partial charge < -0.3 is 10.6 Å². The Kier molecular flexibility index (Phi) is 4.64. The van der Waals surface area contributed by atoms with Crippen molar-refractivity contribution in [3.05, 3.63) is 58.6 Å². The van der Waals surface area contributed by atoms with Crippen LogP contribution in [0.5, 0.6) is 0 Å². The minimum absolute atomic E-state index is 0.0811. The highest BCUT2D eigenvalue weighted by Gasteiger charge is 2.07. The van der Waals surface area contributed by atoms with E-state index in [1.165, 1.54) is 0 Å². The van der Waals surface area contributed by atoms with E-state index in [1.54, 1.807) is 12.1 Å². The highest BCUT2D eigenvalue weighted by Crippen LogP contribution is 2.19. The van der Waals surface area contributed by atoms with Gasteiger partial charge in [0.1, 0.15) is 0 Å². The number of halogens is 1. The van der Waals surface area contributed by atoms with Crippen LogP contribution in [0.2, 0.25) is 5.02 Å². The Morgan fingerprint density at radius 2 is 1.75 bits per heavy atom. The smallest absolute Gasteiger partial charge is 0.243 e. The second-order valence-corrected chi connectivity index (χ2v) is 5.12. The van der Waals surface area contributed by atoms with Crippen LogP contribution in [-0.2, 0) is 4.79 Å². The normalized spacial score (nSPS) is 10.2. The molecule has 2 aromatic rings. The molecule has 4 heteroatoms. The molecule has 2 N–H and O–H groups in total. The van der Waals surface area contributed by atoms with Crippen LogP contribution in [0.3, 0.4) is 0 Å². The summed E-state index contributed by atoms with van der Waals surface area (Å²) in [6.45, 7) is 4.16. The molecule has 1 amide bonds. The van der Waals surface area contributed by atoms with E-state index in [1.807, 2.05) is 44.2 Å². The van der Waals surface area contributed by atoms with Crippen LogP contribution < -0.4 is 10.6 Å². The fourth-order valence-corrected chi connectivity index (χ4v) is 2.17. The van der Waals surface area contributed by atoms with Gasteiger partial charge in [-0.05, 0) is 43.2 Å². The van der Waals surface area contributed by atoms with Crippen LogP contribution in [0.15, 0.2) is 42.5 Å². The summed E-state index contributed by atoms with van der Waals surface area (Å²) in [4.78, 5) is 12.0. The number of hydrogen-bond acceptors (Lipinski definition) is 2. The largest absolute Gasteiger partial charge is 0.376 e. The minimum Gasteiger partial charge on any atom is -0.376 e. The van der Waals surface area contributed by atoms with E-state index in [2.05, 4.69) is 10.6 Å². The van der Waals surface area contributed by atoms with Crippen LogP contribution in [0.1, 0.15) is 11.1 Å². The maximum absolute atomic E-state index is 12.0. The first-order valence-corrected chi connectivity index (χ1v) is 6.79. The van der Waals surface area contributed by atoms with E-state index in [-0.39, 0.29) is 12.5 Å². The Hall–Kier alpha value is -2.00. The number of amides is 1. The lowest BCUT2D eigenvalue weighted by molar-refractivity contribution is -0.114. The van der Waals surface area contributed by atoms with Crippen molar-refractivity contribution in [2.75, 3.05) is 17.2 Å². The number of aryl methyl sites for hydroxylation is 2. The molecule has 20 heavy (non-hydrogen) atoms. The Balaban J connectivity index is 1.96. The predicted molar refractivity (Wildman–Crippen MR) is 84.5 cm³/mol. The van der Waals surface area contributed by atoms with Crippen molar-refractivity contribution in [3.63, 3.8) is 0 Å². The van der Waals surface area contributed by atoms with Crippen molar-refractivity contribution in [2.24, 2.45) is 0 Å². The molecular formula is C16H17ClN2O. The van der Waals surface area contributed by atoms with Crippen LogP contribution in [0.4, 0.5) is 11.4 Å². The molecule has 0 atom stereocenters. The molecule has 0 aromatic heterocycles. The zero-order valence-corrected chi connectivity index (χ0v) is 12.3. The number of benzene rings is 2. The fraction of sp³-hybridized carbons (Fsp3) is 0.188. The first kappa shape index (κ1) is 14.4. The summed E-state index contributed by atoms with van der Waals surface area (Å²) in [5.41, 5.74) is 3.82. The first-order valence-electron chi connectivity index (χ1n) is 6.42. The van der Waals surface area contributed by atoms with Gasteiger partial charge in [0.15, 0.2) is 0 Å². The van der Waals surface area contributed by atoms with E-state index in [4.69, 9.17) is 11.6 Å². The summed E-state index contributed by atoms with van der Waals surface area (Å²) in [5, 5.41) is 6.62. The monoisotopic (exact) mass is 288 g/mol. The molecule has 104 valence electrons. The third kappa shape index (κ3) is 3.75. The molecule has 0 heterocycles. The minimum atomic E-state index is -0.0811. The molecule has 0 radical (unpaired) electrons. The van der Waals surface area contributed by atoms with Gasteiger partial charge in [0.05, 0.1) is 6.54 Å². The molecule has 0 bridgehead atoms. The standard InChI is InChI=1S/C16H17ClN2O/c1-11-5-3-6-12(2)16(11)19-15(20)10-18-14-8-4-7-13(17)9-14/h3-9,18H,10H2,1-2H3,(H,19,20). The van der Waals surface area contributed by atoms with Crippen molar-refractivity contribution >= 4 is 28.9 Å². The number of carbonyl (C=O) groups is 1. The number of para-hydroxylation sites is 1. The maximum Gasteiger partial charge on any atom is 0.243 e. The van der Waals surface area contributed by atoms with Gasteiger partial charge in [-0.25, -0.2) is 0 Å². The highest BCUT2D eigenvalue weighted by molar-refractivity contribution is 6.30. The van der Waals surface area contributed by atoms with Gasteiger partial charge >= 0.3 is 0 Å². The van der Waals surface area contributed by atoms with E-state index >= 15 is 0 Å².